The first-order chi connectivity index (χ1) is 11.5. The fourth-order valence-electron chi connectivity index (χ4n) is 5.01. The number of piperidine rings is 1. The molecule has 1 spiro atoms. The average Bonchev–Trinajstić information content (AvgIpc) is 2.90. The molecule has 2 amide bonds. The molecule has 4 fully saturated rings. The number of hydrogen-bond donors (Lipinski definition) is 1. The smallest absolute Gasteiger partial charge is 0.407 e. The molecule has 5 heteroatoms. The SMILES string of the molecule is Cc1ccc([C@]23C[C@H]2CN(C(=O)[C@H]2C[C@]4(COC(=O)N4)C2)C3)cc1. The first-order valence-electron chi connectivity index (χ1n) is 8.81. The summed E-state index contributed by atoms with van der Waals surface area (Å²) < 4.78 is 5.00. The van der Waals surface area contributed by atoms with Gasteiger partial charge in [-0.1, -0.05) is 29.8 Å². The number of amides is 2. The predicted molar refractivity (Wildman–Crippen MR) is 87.5 cm³/mol. The first-order valence-corrected chi connectivity index (χ1v) is 8.81. The zero-order chi connectivity index (χ0) is 16.5. The Morgan fingerprint density at radius 2 is 2.00 bits per heavy atom. The van der Waals surface area contributed by atoms with Crippen LogP contribution >= 0.6 is 0 Å². The molecule has 2 saturated heterocycles. The van der Waals surface area contributed by atoms with Crippen molar-refractivity contribution in [2.75, 3.05) is 19.7 Å². The van der Waals surface area contributed by atoms with E-state index in [2.05, 4.69) is 41.4 Å². The Morgan fingerprint density at radius 3 is 2.67 bits per heavy atom. The molecule has 126 valence electrons. The van der Waals surface area contributed by atoms with Gasteiger partial charge in [-0.05, 0) is 37.7 Å². The number of aryl methyl sites for hydroxylation is 1. The molecule has 1 aromatic rings. The lowest BCUT2D eigenvalue weighted by atomic mass is 9.68. The van der Waals surface area contributed by atoms with Crippen molar-refractivity contribution in [3.8, 4) is 0 Å². The molecule has 2 aliphatic heterocycles. The van der Waals surface area contributed by atoms with Crippen molar-refractivity contribution in [1.82, 2.24) is 10.2 Å². The van der Waals surface area contributed by atoms with Gasteiger partial charge in [0.25, 0.3) is 0 Å². The van der Waals surface area contributed by atoms with Gasteiger partial charge in [-0.25, -0.2) is 4.79 Å². The van der Waals surface area contributed by atoms with Gasteiger partial charge in [0.15, 0.2) is 0 Å². The maximum absolute atomic E-state index is 12.8. The van der Waals surface area contributed by atoms with Gasteiger partial charge < -0.3 is 15.0 Å². The number of cyclic esters (lactones) is 1. The molecule has 0 aromatic heterocycles. The minimum absolute atomic E-state index is 0.0413. The average molecular weight is 326 g/mol. The number of benzene rings is 1. The van der Waals surface area contributed by atoms with E-state index in [0.717, 1.165) is 25.9 Å². The minimum Gasteiger partial charge on any atom is -0.447 e. The molecule has 5 nitrogen and oxygen atoms in total. The van der Waals surface area contributed by atoms with E-state index in [1.54, 1.807) is 0 Å². The number of hydrogen-bond acceptors (Lipinski definition) is 3. The first kappa shape index (κ1) is 14.3. The van der Waals surface area contributed by atoms with Crippen LogP contribution in [0.1, 0.15) is 30.4 Å². The third-order valence-electron chi connectivity index (χ3n) is 6.55. The zero-order valence-electron chi connectivity index (χ0n) is 13.9. The fraction of sp³-hybridized carbons (Fsp3) is 0.579. The Kier molecular flexibility index (Phi) is 2.70. The predicted octanol–water partition coefficient (Wildman–Crippen LogP) is 1.98. The standard InChI is InChI=1S/C19H22N2O3/c1-12-2-4-14(5-3-12)19-8-15(19)9-21(10-19)16(22)13-6-18(7-13)11-24-17(23)20-18/h2-5,13,15H,6-11H2,1H3,(H,20,23)/t13-,15-,18+,19+/m0/s1. The van der Waals surface area contributed by atoms with Crippen molar-refractivity contribution in [1.29, 1.82) is 0 Å². The summed E-state index contributed by atoms with van der Waals surface area (Å²) in [6.45, 7) is 4.25. The summed E-state index contributed by atoms with van der Waals surface area (Å²) in [6.07, 6.45) is 2.30. The highest BCUT2D eigenvalue weighted by molar-refractivity contribution is 5.82. The highest BCUT2D eigenvalue weighted by Crippen LogP contribution is 2.59. The van der Waals surface area contributed by atoms with Crippen molar-refractivity contribution >= 4 is 12.0 Å². The molecule has 2 heterocycles. The maximum Gasteiger partial charge on any atom is 0.407 e. The second kappa shape index (κ2) is 4.52. The van der Waals surface area contributed by atoms with Crippen LogP contribution in [0.3, 0.4) is 0 Å². The van der Waals surface area contributed by atoms with Gasteiger partial charge >= 0.3 is 6.09 Å². The van der Waals surface area contributed by atoms with E-state index in [1.807, 2.05) is 0 Å². The van der Waals surface area contributed by atoms with E-state index in [1.165, 1.54) is 17.5 Å². The van der Waals surface area contributed by atoms with Crippen molar-refractivity contribution in [2.24, 2.45) is 11.8 Å². The maximum atomic E-state index is 12.8. The zero-order valence-corrected chi connectivity index (χ0v) is 13.9. The summed E-state index contributed by atoms with van der Waals surface area (Å²) in [6, 6.07) is 8.80. The van der Waals surface area contributed by atoms with Crippen LogP contribution < -0.4 is 5.32 Å². The van der Waals surface area contributed by atoms with Gasteiger partial charge in [-0.15, -0.1) is 0 Å². The number of ether oxygens (including phenoxy) is 1. The van der Waals surface area contributed by atoms with Crippen LogP contribution in [0.4, 0.5) is 4.79 Å². The lowest BCUT2D eigenvalue weighted by Crippen LogP contribution is -2.58. The molecule has 2 aliphatic carbocycles. The van der Waals surface area contributed by atoms with Gasteiger partial charge in [0.2, 0.25) is 5.91 Å². The Labute approximate surface area is 141 Å². The topological polar surface area (TPSA) is 58.6 Å². The summed E-state index contributed by atoms with van der Waals surface area (Å²) in [5.41, 5.74) is 2.60. The molecule has 0 unspecified atom stereocenters. The van der Waals surface area contributed by atoms with Crippen molar-refractivity contribution in [2.45, 2.75) is 37.1 Å². The molecular weight excluding hydrogens is 304 g/mol. The molecule has 1 N–H and O–H groups in total. The van der Waals surface area contributed by atoms with Crippen LogP contribution in [0.2, 0.25) is 0 Å². The van der Waals surface area contributed by atoms with Crippen LogP contribution in [0.5, 0.6) is 0 Å². The number of nitrogens with zero attached hydrogens (tertiary/aromatic N) is 1. The van der Waals surface area contributed by atoms with E-state index in [4.69, 9.17) is 4.74 Å². The molecule has 4 aliphatic rings. The van der Waals surface area contributed by atoms with E-state index in [9.17, 15) is 9.59 Å². The number of alkyl carbamates (subject to hydrolysis) is 1. The fourth-order valence-corrected chi connectivity index (χ4v) is 5.01. The second-order valence-electron chi connectivity index (χ2n) is 8.23. The summed E-state index contributed by atoms with van der Waals surface area (Å²) in [7, 11) is 0. The Balaban J connectivity index is 1.25. The lowest BCUT2D eigenvalue weighted by molar-refractivity contribution is -0.140. The molecule has 2 atom stereocenters. The van der Waals surface area contributed by atoms with Crippen molar-refractivity contribution in [3.63, 3.8) is 0 Å². The van der Waals surface area contributed by atoms with Crippen molar-refractivity contribution < 1.29 is 14.3 Å². The molecule has 1 aromatic carbocycles. The van der Waals surface area contributed by atoms with Crippen LogP contribution in [0.25, 0.3) is 0 Å². The number of carbonyl (C=O) groups excluding carboxylic acids is 2. The number of fused-ring (bicyclic) bond motifs is 1. The molecule has 2 saturated carbocycles. The Bertz CT molecular complexity index is 723. The van der Waals surface area contributed by atoms with Gasteiger partial charge in [-0.3, -0.25) is 4.79 Å². The van der Waals surface area contributed by atoms with Gasteiger partial charge in [0, 0.05) is 24.4 Å². The number of carbonyl (C=O) groups is 2. The van der Waals surface area contributed by atoms with E-state index >= 15 is 0 Å². The summed E-state index contributed by atoms with van der Waals surface area (Å²) in [5, 5.41) is 2.87. The lowest BCUT2D eigenvalue weighted by Gasteiger charge is -2.43. The van der Waals surface area contributed by atoms with E-state index in [0.29, 0.717) is 12.5 Å². The Morgan fingerprint density at radius 1 is 1.25 bits per heavy atom. The third-order valence-corrected chi connectivity index (χ3v) is 6.55. The summed E-state index contributed by atoms with van der Waals surface area (Å²) in [5.74, 6) is 0.924. The van der Waals surface area contributed by atoms with Gasteiger partial charge in [-0.2, -0.15) is 0 Å². The largest absolute Gasteiger partial charge is 0.447 e. The van der Waals surface area contributed by atoms with Crippen LogP contribution in [-0.4, -0.2) is 42.1 Å². The van der Waals surface area contributed by atoms with Crippen LogP contribution in [0, 0.1) is 18.8 Å². The summed E-state index contributed by atoms with van der Waals surface area (Å²) in [4.78, 5) is 26.1. The number of likely N-dealkylation sites (tertiary alicyclic amines) is 1. The number of nitrogens with one attached hydrogen (secondary N) is 1. The van der Waals surface area contributed by atoms with Crippen LogP contribution in [-0.2, 0) is 14.9 Å². The number of rotatable bonds is 2. The van der Waals surface area contributed by atoms with E-state index < -0.39 is 0 Å². The summed E-state index contributed by atoms with van der Waals surface area (Å²) >= 11 is 0. The highest BCUT2D eigenvalue weighted by Gasteiger charge is 2.63. The molecular formula is C19H22N2O3. The van der Waals surface area contributed by atoms with Gasteiger partial charge in [0.05, 0.1) is 5.54 Å². The van der Waals surface area contributed by atoms with Crippen LogP contribution in [0.15, 0.2) is 24.3 Å². The highest BCUT2D eigenvalue weighted by atomic mass is 16.6. The van der Waals surface area contributed by atoms with Crippen molar-refractivity contribution in [3.05, 3.63) is 35.4 Å². The molecule has 0 bridgehead atoms. The van der Waals surface area contributed by atoms with Gasteiger partial charge in [0.1, 0.15) is 6.61 Å². The molecule has 24 heavy (non-hydrogen) atoms. The quantitative estimate of drug-likeness (QED) is 0.904. The molecule has 5 rings (SSSR count). The normalized spacial score (nSPS) is 39.2. The third kappa shape index (κ3) is 1.93. The Hall–Kier alpha value is -2.04. The monoisotopic (exact) mass is 326 g/mol. The van der Waals surface area contributed by atoms with E-state index in [-0.39, 0.29) is 28.9 Å². The molecule has 0 radical (unpaired) electrons. The second-order valence-corrected chi connectivity index (χ2v) is 8.23. The minimum atomic E-state index is -0.346.